The Morgan fingerprint density at radius 2 is 1.67 bits per heavy atom. The van der Waals surface area contributed by atoms with E-state index in [0.29, 0.717) is 0 Å². The summed E-state index contributed by atoms with van der Waals surface area (Å²) in [6.45, 7) is 3.55. The lowest BCUT2D eigenvalue weighted by molar-refractivity contribution is 1.16. The molecule has 0 saturated heterocycles. The second-order valence-electron chi connectivity index (χ2n) is 1.05. The summed E-state index contributed by atoms with van der Waals surface area (Å²) in [6, 6.07) is 0. The van der Waals surface area contributed by atoms with Crippen LogP contribution in [-0.4, -0.2) is 0 Å². The molecule has 0 aromatic rings. The van der Waals surface area contributed by atoms with Gasteiger partial charge in [-0.1, -0.05) is 26.0 Å². The van der Waals surface area contributed by atoms with E-state index in [-0.39, 0.29) is 12.8 Å². The largest absolute Gasteiger partial charge is 0.0888 e. The van der Waals surface area contributed by atoms with Gasteiger partial charge in [-0.05, 0) is 12.8 Å². The van der Waals surface area contributed by atoms with E-state index in [4.69, 9.17) is 2.74 Å². The van der Waals surface area contributed by atoms with Crippen LogP contribution in [0.5, 0.6) is 0 Å². The van der Waals surface area contributed by atoms with E-state index in [9.17, 15) is 0 Å². The number of hydrogen-bond acceptors (Lipinski definition) is 0. The Morgan fingerprint density at radius 1 is 1.33 bits per heavy atom. The van der Waals surface area contributed by atoms with Crippen molar-refractivity contribution in [3.63, 3.8) is 0 Å². The molecule has 0 saturated carbocycles. The summed E-state index contributed by atoms with van der Waals surface area (Å²) in [6.07, 6.45) is 3.11. The normalized spacial score (nSPS) is 25.7. The Balaban J connectivity index is 3.34. The van der Waals surface area contributed by atoms with Crippen molar-refractivity contribution in [1.82, 2.24) is 0 Å². The summed E-state index contributed by atoms with van der Waals surface area (Å²) in [5.74, 6) is 0. The molecule has 0 spiro atoms. The van der Waals surface area contributed by atoms with E-state index in [1.807, 2.05) is 0 Å². The number of allylic oxidation sites excluding steroid dienone is 2. The van der Waals surface area contributed by atoms with Gasteiger partial charge in [0.2, 0.25) is 0 Å². The highest BCUT2D eigenvalue weighted by molar-refractivity contribution is 4.77. The Hall–Kier alpha value is -0.260. The minimum Gasteiger partial charge on any atom is -0.0888 e. The minimum atomic E-state index is -0.164. The average molecular weight is 86.2 g/mol. The third-order valence-electron chi connectivity index (χ3n) is 0.496. The van der Waals surface area contributed by atoms with Gasteiger partial charge in [0, 0.05) is 2.74 Å². The summed E-state index contributed by atoms with van der Waals surface area (Å²) in [7, 11) is 0. The van der Waals surface area contributed by atoms with E-state index in [1.54, 1.807) is 26.0 Å². The zero-order valence-corrected chi connectivity index (χ0v) is 4.31. The van der Waals surface area contributed by atoms with Gasteiger partial charge in [0.25, 0.3) is 0 Å². The first kappa shape index (κ1) is 2.84. The lowest BCUT2D eigenvalue weighted by atomic mass is 10.4. The molecule has 0 N–H and O–H groups in total. The Bertz CT molecular complexity index is 64.6. The van der Waals surface area contributed by atoms with Gasteiger partial charge >= 0.3 is 0 Å². The molecule has 0 fully saturated rings. The highest BCUT2D eigenvalue weighted by Gasteiger charge is 1.60. The van der Waals surface area contributed by atoms with Crippen LogP contribution in [0.3, 0.4) is 0 Å². The van der Waals surface area contributed by atoms with Crippen molar-refractivity contribution in [3.05, 3.63) is 12.2 Å². The monoisotopic (exact) mass is 86.1 g/mol. The fraction of sp³-hybridized carbons (Fsp3) is 0.667. The zero-order valence-electron chi connectivity index (χ0n) is 6.31. The second kappa shape index (κ2) is 4.74. The smallest absolute Gasteiger partial charge is 0.0307 e. The Labute approximate surface area is 42.7 Å². The predicted octanol–water partition coefficient (Wildman–Crippen LogP) is 2.36. The third kappa shape index (κ3) is 3.74. The van der Waals surface area contributed by atoms with Crippen LogP contribution in [-0.2, 0) is 0 Å². The zero-order chi connectivity index (χ0) is 6.57. The van der Waals surface area contributed by atoms with Crippen molar-refractivity contribution in [1.29, 1.82) is 0 Å². The van der Waals surface area contributed by atoms with Gasteiger partial charge in [-0.2, -0.15) is 0 Å². The van der Waals surface area contributed by atoms with Crippen molar-refractivity contribution in [3.8, 4) is 0 Å². The molecule has 0 heterocycles. The molecule has 0 aliphatic rings. The van der Waals surface area contributed by atoms with Gasteiger partial charge < -0.3 is 0 Å². The molecule has 0 nitrogen and oxygen atoms in total. The molecule has 0 aromatic carbocycles. The van der Waals surface area contributed by atoms with Crippen LogP contribution in [0, 0.1) is 0 Å². The summed E-state index contributed by atoms with van der Waals surface area (Å²) in [4.78, 5) is 0. The van der Waals surface area contributed by atoms with Crippen LogP contribution in [0.1, 0.15) is 29.4 Å². The maximum atomic E-state index is 7.00. The van der Waals surface area contributed by atoms with Crippen LogP contribution < -0.4 is 0 Å². The molecule has 0 radical (unpaired) electrons. The molecular formula is C6H12. The summed E-state index contributed by atoms with van der Waals surface area (Å²) >= 11 is 0. The molecule has 0 amide bonds. The minimum absolute atomic E-state index is 0.164. The summed E-state index contributed by atoms with van der Waals surface area (Å²) in [5, 5.41) is 0. The van der Waals surface area contributed by atoms with Crippen molar-refractivity contribution in [2.75, 3.05) is 0 Å². The average Bonchev–Trinajstić information content (AvgIpc) is 1.61. The van der Waals surface area contributed by atoms with Crippen LogP contribution in [0.4, 0.5) is 0 Å². The van der Waals surface area contributed by atoms with Gasteiger partial charge in [-0.15, -0.1) is 0 Å². The molecule has 0 heteroatoms. The fourth-order valence-corrected chi connectivity index (χ4v) is 0.222. The molecular weight excluding hydrogens is 72.1 g/mol. The SMILES string of the molecule is [2H][C@H](C)/C=C\[C@@H]([2H])C. The summed E-state index contributed by atoms with van der Waals surface area (Å²) < 4.78 is 14.0. The van der Waals surface area contributed by atoms with Gasteiger partial charge in [0.15, 0.2) is 0 Å². The molecule has 0 rings (SSSR count). The first-order valence-corrected chi connectivity index (χ1v) is 2.15. The van der Waals surface area contributed by atoms with Gasteiger partial charge in [-0.3, -0.25) is 0 Å². The van der Waals surface area contributed by atoms with Gasteiger partial charge in [0.1, 0.15) is 0 Å². The topological polar surface area (TPSA) is 0 Å². The van der Waals surface area contributed by atoms with Crippen molar-refractivity contribution < 1.29 is 2.74 Å². The number of rotatable bonds is 2. The van der Waals surface area contributed by atoms with Crippen molar-refractivity contribution in [2.45, 2.75) is 26.6 Å². The molecule has 2 atom stereocenters. The molecule has 36 valence electrons. The van der Waals surface area contributed by atoms with Crippen LogP contribution in [0.15, 0.2) is 12.2 Å². The van der Waals surface area contributed by atoms with Crippen LogP contribution >= 0.6 is 0 Å². The first-order chi connectivity index (χ1) is 3.63. The van der Waals surface area contributed by atoms with E-state index >= 15 is 0 Å². The lowest BCUT2D eigenvalue weighted by Gasteiger charge is -1.72. The summed E-state index contributed by atoms with van der Waals surface area (Å²) in [5.41, 5.74) is 0. The Kier molecular flexibility index (Phi) is 2.24. The van der Waals surface area contributed by atoms with Crippen LogP contribution in [0.2, 0.25) is 0 Å². The van der Waals surface area contributed by atoms with E-state index in [0.717, 1.165) is 0 Å². The Morgan fingerprint density at radius 3 is 1.83 bits per heavy atom. The highest BCUT2D eigenvalue weighted by Crippen LogP contribution is 1.81. The number of hydrogen-bond donors (Lipinski definition) is 0. The van der Waals surface area contributed by atoms with E-state index in [2.05, 4.69) is 0 Å². The maximum absolute atomic E-state index is 7.00. The standard InChI is InChI=1S/C6H12/c1-3-5-6-4-2/h5-6H,3-4H2,1-2H3/b6-5-/i3D,4D/t3-,4+. The fourth-order valence-electron chi connectivity index (χ4n) is 0.222. The molecule has 6 heavy (non-hydrogen) atoms. The molecule has 0 aliphatic carbocycles. The van der Waals surface area contributed by atoms with Crippen molar-refractivity contribution in [2.24, 2.45) is 0 Å². The molecule has 0 bridgehead atoms. The van der Waals surface area contributed by atoms with Gasteiger partial charge in [0.05, 0.1) is 0 Å². The lowest BCUT2D eigenvalue weighted by Crippen LogP contribution is -1.51. The molecule has 0 unspecified atom stereocenters. The highest BCUT2D eigenvalue weighted by atomic mass is 13.7. The van der Waals surface area contributed by atoms with Crippen molar-refractivity contribution >= 4 is 0 Å². The van der Waals surface area contributed by atoms with E-state index in [1.165, 1.54) is 0 Å². The predicted molar refractivity (Wildman–Crippen MR) is 29.7 cm³/mol. The first-order valence-electron chi connectivity index (χ1n) is 3.31. The second-order valence-corrected chi connectivity index (χ2v) is 1.05. The molecule has 0 aliphatic heterocycles. The quantitative estimate of drug-likeness (QED) is 0.452. The third-order valence-corrected chi connectivity index (χ3v) is 0.496. The van der Waals surface area contributed by atoms with Gasteiger partial charge in [-0.25, -0.2) is 0 Å². The molecule has 0 aromatic heterocycles. The maximum Gasteiger partial charge on any atom is 0.0307 e. The van der Waals surface area contributed by atoms with E-state index < -0.39 is 0 Å². The van der Waals surface area contributed by atoms with Crippen LogP contribution in [0.25, 0.3) is 0 Å².